The summed E-state index contributed by atoms with van der Waals surface area (Å²) in [5.41, 5.74) is 3.90. The highest BCUT2D eigenvalue weighted by Crippen LogP contribution is 2.23. The highest BCUT2D eigenvalue weighted by molar-refractivity contribution is 5.85. The van der Waals surface area contributed by atoms with Gasteiger partial charge in [-0.15, -0.1) is 0 Å². The van der Waals surface area contributed by atoms with Crippen LogP contribution in [0.25, 0.3) is 0 Å². The number of carbonyl (C=O) groups is 2. The number of nitrogens with one attached hydrogen (secondary N) is 1. The molecule has 1 aliphatic rings. The first-order valence-corrected chi connectivity index (χ1v) is 8.64. The van der Waals surface area contributed by atoms with Gasteiger partial charge in [-0.1, -0.05) is 48.5 Å². The van der Waals surface area contributed by atoms with Gasteiger partial charge in [-0.25, -0.2) is 0 Å². The maximum absolute atomic E-state index is 12.5. The van der Waals surface area contributed by atoms with Crippen LogP contribution in [0.15, 0.2) is 48.5 Å². The zero-order valence-electron chi connectivity index (χ0n) is 14.6. The van der Waals surface area contributed by atoms with Crippen molar-refractivity contribution in [3.8, 4) is 0 Å². The van der Waals surface area contributed by atoms with Crippen LogP contribution in [0.4, 0.5) is 0 Å². The van der Waals surface area contributed by atoms with Gasteiger partial charge in [0.15, 0.2) is 0 Å². The maximum atomic E-state index is 12.5. The van der Waals surface area contributed by atoms with E-state index in [1.807, 2.05) is 50.2 Å². The fourth-order valence-corrected chi connectivity index (χ4v) is 2.66. The Balaban J connectivity index is 1.71. The molecule has 2 aromatic carbocycles. The lowest BCUT2D eigenvalue weighted by molar-refractivity contribution is -0.156. The molecular weight excluding hydrogens is 314 g/mol. The van der Waals surface area contributed by atoms with E-state index in [0.717, 1.165) is 24.0 Å². The smallest absolute Gasteiger partial charge is 0.311 e. The van der Waals surface area contributed by atoms with Gasteiger partial charge in [-0.05, 0) is 43.4 Å². The SMILES string of the molecule is Cc1ccc(CC(=O)O[C@@H](C(=O)NC2CC2)c2ccccc2)cc1C. The van der Waals surface area contributed by atoms with Crippen molar-refractivity contribution in [3.63, 3.8) is 0 Å². The Kier molecular flexibility index (Phi) is 5.17. The van der Waals surface area contributed by atoms with E-state index in [9.17, 15) is 9.59 Å². The molecule has 0 aliphatic heterocycles. The molecule has 0 bridgehead atoms. The number of rotatable bonds is 6. The second-order valence-electron chi connectivity index (χ2n) is 6.66. The number of esters is 1. The summed E-state index contributed by atoms with van der Waals surface area (Å²) in [7, 11) is 0. The van der Waals surface area contributed by atoms with E-state index < -0.39 is 12.1 Å². The summed E-state index contributed by atoms with van der Waals surface area (Å²) in [6.07, 6.45) is 1.23. The summed E-state index contributed by atoms with van der Waals surface area (Å²) < 4.78 is 5.55. The molecule has 2 aromatic rings. The van der Waals surface area contributed by atoms with Crippen molar-refractivity contribution in [3.05, 3.63) is 70.8 Å². The zero-order valence-corrected chi connectivity index (χ0v) is 14.6. The van der Waals surface area contributed by atoms with Crippen molar-refractivity contribution in [2.75, 3.05) is 0 Å². The molecule has 1 fully saturated rings. The Morgan fingerprint density at radius 2 is 1.80 bits per heavy atom. The number of carbonyl (C=O) groups excluding carboxylic acids is 2. The Hall–Kier alpha value is -2.62. The molecule has 1 amide bonds. The first-order chi connectivity index (χ1) is 12.0. The van der Waals surface area contributed by atoms with Crippen molar-refractivity contribution in [1.29, 1.82) is 0 Å². The molecule has 0 aromatic heterocycles. The monoisotopic (exact) mass is 337 g/mol. The van der Waals surface area contributed by atoms with Crippen LogP contribution in [0.3, 0.4) is 0 Å². The molecule has 4 nitrogen and oxygen atoms in total. The van der Waals surface area contributed by atoms with Gasteiger partial charge in [0.1, 0.15) is 0 Å². The lowest BCUT2D eigenvalue weighted by Gasteiger charge is -2.18. The third-order valence-corrected chi connectivity index (χ3v) is 4.43. The third kappa shape index (κ3) is 4.69. The van der Waals surface area contributed by atoms with Crippen molar-refractivity contribution in [1.82, 2.24) is 5.32 Å². The zero-order chi connectivity index (χ0) is 17.8. The van der Waals surface area contributed by atoms with Crippen LogP contribution in [0, 0.1) is 13.8 Å². The molecule has 0 spiro atoms. The van der Waals surface area contributed by atoms with E-state index in [-0.39, 0.29) is 18.4 Å². The topological polar surface area (TPSA) is 55.4 Å². The minimum Gasteiger partial charge on any atom is -0.447 e. The van der Waals surface area contributed by atoms with Gasteiger partial charge in [0, 0.05) is 11.6 Å². The van der Waals surface area contributed by atoms with Crippen molar-refractivity contribution >= 4 is 11.9 Å². The Morgan fingerprint density at radius 1 is 1.08 bits per heavy atom. The highest BCUT2D eigenvalue weighted by Gasteiger charge is 2.30. The van der Waals surface area contributed by atoms with Crippen LogP contribution in [-0.2, 0) is 20.7 Å². The second-order valence-corrected chi connectivity index (χ2v) is 6.66. The fourth-order valence-electron chi connectivity index (χ4n) is 2.66. The first-order valence-electron chi connectivity index (χ1n) is 8.64. The fraction of sp³-hybridized carbons (Fsp3) is 0.333. The van der Waals surface area contributed by atoms with Gasteiger partial charge in [-0.3, -0.25) is 9.59 Å². The average Bonchev–Trinajstić information content (AvgIpc) is 3.41. The van der Waals surface area contributed by atoms with Crippen LogP contribution in [0.1, 0.15) is 41.2 Å². The predicted molar refractivity (Wildman–Crippen MR) is 96.1 cm³/mol. The molecule has 1 N–H and O–H groups in total. The van der Waals surface area contributed by atoms with E-state index in [4.69, 9.17) is 4.74 Å². The quantitative estimate of drug-likeness (QED) is 0.822. The van der Waals surface area contributed by atoms with Crippen molar-refractivity contribution in [2.45, 2.75) is 45.3 Å². The van der Waals surface area contributed by atoms with Crippen molar-refractivity contribution < 1.29 is 14.3 Å². The summed E-state index contributed by atoms with van der Waals surface area (Å²) in [6, 6.07) is 15.3. The number of ether oxygens (including phenoxy) is 1. The normalized spacial score (nSPS) is 14.6. The van der Waals surface area contributed by atoms with Crippen LogP contribution in [0.2, 0.25) is 0 Å². The van der Waals surface area contributed by atoms with Crippen molar-refractivity contribution in [2.24, 2.45) is 0 Å². The summed E-state index contributed by atoms with van der Waals surface area (Å²) in [5.74, 6) is -0.648. The lowest BCUT2D eigenvalue weighted by Crippen LogP contribution is -2.33. The number of amides is 1. The molecule has 0 unspecified atom stereocenters. The molecule has 130 valence electrons. The number of benzene rings is 2. The van der Waals surface area contributed by atoms with Crippen LogP contribution in [-0.4, -0.2) is 17.9 Å². The Bertz CT molecular complexity index is 766. The summed E-state index contributed by atoms with van der Waals surface area (Å²) >= 11 is 0. The molecule has 1 atom stereocenters. The standard InChI is InChI=1S/C21H23NO3/c1-14-8-9-16(12-15(14)2)13-19(23)25-20(17-6-4-3-5-7-17)21(24)22-18-10-11-18/h3-9,12,18,20H,10-11,13H2,1-2H3,(H,22,24)/t20-/m1/s1. The average molecular weight is 337 g/mol. The van der Waals surface area contributed by atoms with Crippen LogP contribution in [0.5, 0.6) is 0 Å². The first kappa shape index (κ1) is 17.2. The summed E-state index contributed by atoms with van der Waals surface area (Å²) in [5, 5.41) is 2.92. The third-order valence-electron chi connectivity index (χ3n) is 4.43. The molecule has 4 heteroatoms. The van der Waals surface area contributed by atoms with E-state index in [1.54, 1.807) is 12.1 Å². The van der Waals surface area contributed by atoms with Gasteiger partial charge in [0.2, 0.25) is 6.10 Å². The van der Waals surface area contributed by atoms with E-state index >= 15 is 0 Å². The van der Waals surface area contributed by atoms with Crippen LogP contribution >= 0.6 is 0 Å². The minimum absolute atomic E-state index is 0.154. The Morgan fingerprint density at radius 3 is 2.44 bits per heavy atom. The molecule has 0 radical (unpaired) electrons. The second kappa shape index (κ2) is 7.51. The van der Waals surface area contributed by atoms with E-state index in [1.165, 1.54) is 5.56 Å². The molecular formula is C21H23NO3. The highest BCUT2D eigenvalue weighted by atomic mass is 16.5. The number of aryl methyl sites for hydroxylation is 2. The summed E-state index contributed by atoms with van der Waals surface area (Å²) in [6.45, 7) is 4.05. The molecule has 0 heterocycles. The maximum Gasteiger partial charge on any atom is 0.311 e. The molecule has 1 saturated carbocycles. The molecule has 0 saturated heterocycles. The van der Waals surface area contributed by atoms with E-state index in [2.05, 4.69) is 5.32 Å². The molecule has 1 aliphatic carbocycles. The van der Waals surface area contributed by atoms with Gasteiger partial charge >= 0.3 is 5.97 Å². The molecule has 25 heavy (non-hydrogen) atoms. The number of hydrogen-bond acceptors (Lipinski definition) is 3. The van der Waals surface area contributed by atoms with E-state index in [0.29, 0.717) is 5.56 Å². The predicted octanol–water partition coefficient (Wildman–Crippen LogP) is 3.41. The lowest BCUT2D eigenvalue weighted by atomic mass is 10.0. The largest absolute Gasteiger partial charge is 0.447 e. The van der Waals surface area contributed by atoms with Gasteiger partial charge in [0.25, 0.3) is 5.91 Å². The molecule has 3 rings (SSSR count). The number of hydrogen-bond donors (Lipinski definition) is 1. The van der Waals surface area contributed by atoms with Crippen LogP contribution < -0.4 is 5.32 Å². The summed E-state index contributed by atoms with van der Waals surface area (Å²) in [4.78, 5) is 24.9. The Labute approximate surface area is 148 Å². The van der Waals surface area contributed by atoms with Gasteiger partial charge in [0.05, 0.1) is 6.42 Å². The minimum atomic E-state index is -0.902. The van der Waals surface area contributed by atoms with Gasteiger partial charge in [-0.2, -0.15) is 0 Å². The van der Waals surface area contributed by atoms with Gasteiger partial charge < -0.3 is 10.1 Å².